The fraction of sp³-hybridized carbons (Fsp3) is 0.846. The molecule has 4 nitrogen and oxygen atoms in total. The maximum Gasteiger partial charge on any atom is 0.303 e. The van der Waals surface area contributed by atoms with Crippen LogP contribution in [-0.4, -0.2) is 23.0 Å². The Morgan fingerprint density at radius 3 is 2.18 bits per heavy atom. The van der Waals surface area contributed by atoms with E-state index in [-0.39, 0.29) is 18.4 Å². The van der Waals surface area contributed by atoms with Crippen molar-refractivity contribution in [1.82, 2.24) is 5.32 Å². The van der Waals surface area contributed by atoms with Crippen LogP contribution in [0.25, 0.3) is 0 Å². The van der Waals surface area contributed by atoms with Crippen molar-refractivity contribution in [3.63, 3.8) is 0 Å². The lowest BCUT2D eigenvalue weighted by Crippen LogP contribution is -2.42. The Labute approximate surface area is 104 Å². The van der Waals surface area contributed by atoms with Crippen LogP contribution in [0.5, 0.6) is 0 Å². The summed E-state index contributed by atoms with van der Waals surface area (Å²) in [6, 6.07) is -0.0926. The first kappa shape index (κ1) is 15.9. The lowest BCUT2D eigenvalue weighted by molar-refractivity contribution is -0.137. The molecule has 0 fully saturated rings. The average molecular weight is 243 g/mol. The number of hydrogen-bond donors (Lipinski definition) is 2. The van der Waals surface area contributed by atoms with E-state index in [9.17, 15) is 9.59 Å². The minimum Gasteiger partial charge on any atom is -0.481 e. The first-order chi connectivity index (χ1) is 7.65. The zero-order valence-corrected chi connectivity index (χ0v) is 11.5. The molecule has 0 aromatic rings. The lowest BCUT2D eigenvalue weighted by Gasteiger charge is -2.27. The normalized spacial score (nSPS) is 13.5. The average Bonchev–Trinajstić information content (AvgIpc) is 2.12. The smallest absolute Gasteiger partial charge is 0.303 e. The Kier molecular flexibility index (Phi) is 6.21. The van der Waals surface area contributed by atoms with Crippen molar-refractivity contribution in [2.75, 3.05) is 0 Å². The Balaban J connectivity index is 4.19. The molecule has 0 aliphatic heterocycles. The van der Waals surface area contributed by atoms with E-state index in [1.807, 2.05) is 20.8 Å². The first-order valence-electron chi connectivity index (χ1n) is 6.18. The van der Waals surface area contributed by atoms with Gasteiger partial charge in [-0.1, -0.05) is 27.7 Å². The van der Waals surface area contributed by atoms with E-state index in [0.29, 0.717) is 12.3 Å². The van der Waals surface area contributed by atoms with Gasteiger partial charge in [0.05, 0.1) is 0 Å². The highest BCUT2D eigenvalue weighted by molar-refractivity contribution is 5.82. The Morgan fingerprint density at radius 2 is 1.76 bits per heavy atom. The van der Waals surface area contributed by atoms with Crippen LogP contribution in [0.2, 0.25) is 0 Å². The first-order valence-corrected chi connectivity index (χ1v) is 6.18. The Hall–Kier alpha value is -1.06. The monoisotopic (exact) mass is 243 g/mol. The highest BCUT2D eigenvalue weighted by Gasteiger charge is 2.29. The van der Waals surface area contributed by atoms with Gasteiger partial charge in [-0.15, -0.1) is 0 Å². The molecule has 4 heteroatoms. The van der Waals surface area contributed by atoms with Gasteiger partial charge in [0, 0.05) is 17.9 Å². The largest absolute Gasteiger partial charge is 0.481 e. The number of carboxylic acids is 1. The van der Waals surface area contributed by atoms with Gasteiger partial charge in [-0.05, 0) is 25.7 Å². The van der Waals surface area contributed by atoms with Crippen LogP contribution >= 0.6 is 0 Å². The summed E-state index contributed by atoms with van der Waals surface area (Å²) in [5.41, 5.74) is -0.397. The fourth-order valence-corrected chi connectivity index (χ4v) is 1.94. The molecule has 17 heavy (non-hydrogen) atoms. The van der Waals surface area contributed by atoms with Crippen LogP contribution in [0.3, 0.4) is 0 Å². The van der Waals surface area contributed by atoms with Crippen molar-refractivity contribution in [2.45, 2.75) is 59.9 Å². The molecule has 0 aliphatic carbocycles. The second kappa shape index (κ2) is 6.62. The van der Waals surface area contributed by atoms with E-state index in [1.165, 1.54) is 0 Å². The summed E-state index contributed by atoms with van der Waals surface area (Å²) in [5, 5.41) is 11.4. The predicted octanol–water partition coefficient (Wildman–Crippen LogP) is 2.43. The maximum absolute atomic E-state index is 12.0. The van der Waals surface area contributed by atoms with Gasteiger partial charge in [-0.25, -0.2) is 0 Å². The molecule has 0 radical (unpaired) electrons. The Morgan fingerprint density at radius 1 is 1.24 bits per heavy atom. The molecule has 1 amide bonds. The molecule has 0 saturated carbocycles. The van der Waals surface area contributed by atoms with Gasteiger partial charge >= 0.3 is 5.97 Å². The number of carboxylic acid groups (broad SMARTS) is 1. The molecule has 100 valence electrons. The number of hydrogen-bond acceptors (Lipinski definition) is 2. The third-order valence-electron chi connectivity index (χ3n) is 2.70. The highest BCUT2D eigenvalue weighted by Crippen LogP contribution is 2.25. The van der Waals surface area contributed by atoms with Gasteiger partial charge in [0.1, 0.15) is 0 Å². The van der Waals surface area contributed by atoms with E-state index >= 15 is 0 Å². The summed E-state index contributed by atoms with van der Waals surface area (Å²) in [6.07, 6.45) is 1.38. The molecule has 0 aromatic carbocycles. The van der Waals surface area contributed by atoms with Crippen molar-refractivity contribution in [3.05, 3.63) is 0 Å². The SMILES string of the molecule is CC(C)CC(C)(C)C(=O)NC(C)CCC(=O)O. The van der Waals surface area contributed by atoms with Gasteiger partial charge in [-0.2, -0.15) is 0 Å². The lowest BCUT2D eigenvalue weighted by atomic mass is 9.83. The quantitative estimate of drug-likeness (QED) is 0.721. The zero-order chi connectivity index (χ0) is 13.6. The minimum atomic E-state index is -0.826. The van der Waals surface area contributed by atoms with Crippen molar-refractivity contribution in [2.24, 2.45) is 11.3 Å². The maximum atomic E-state index is 12.0. The third kappa shape index (κ3) is 6.97. The molecule has 2 N–H and O–H groups in total. The van der Waals surface area contributed by atoms with Crippen LogP contribution in [0.15, 0.2) is 0 Å². The summed E-state index contributed by atoms with van der Waals surface area (Å²) >= 11 is 0. The van der Waals surface area contributed by atoms with Crippen molar-refractivity contribution in [1.29, 1.82) is 0 Å². The van der Waals surface area contributed by atoms with Gasteiger partial charge in [0.25, 0.3) is 0 Å². The molecule has 0 bridgehead atoms. The number of rotatable bonds is 7. The molecule has 0 rings (SSSR count). The number of aliphatic carboxylic acids is 1. The third-order valence-corrected chi connectivity index (χ3v) is 2.70. The standard InChI is InChI=1S/C13H25NO3/c1-9(2)8-13(4,5)12(17)14-10(3)6-7-11(15)16/h9-10H,6-8H2,1-5H3,(H,14,17)(H,15,16). The van der Waals surface area contributed by atoms with E-state index in [2.05, 4.69) is 19.2 Å². The topological polar surface area (TPSA) is 66.4 Å². The molecule has 1 unspecified atom stereocenters. The Bertz CT molecular complexity index is 272. The van der Waals surface area contributed by atoms with Crippen LogP contribution in [0.4, 0.5) is 0 Å². The summed E-state index contributed by atoms with van der Waals surface area (Å²) in [4.78, 5) is 22.4. The molecule has 0 heterocycles. The van der Waals surface area contributed by atoms with Gasteiger partial charge in [0.2, 0.25) is 5.91 Å². The predicted molar refractivity (Wildman–Crippen MR) is 67.7 cm³/mol. The summed E-state index contributed by atoms with van der Waals surface area (Å²) in [5.74, 6) is -0.360. The van der Waals surface area contributed by atoms with Crippen molar-refractivity contribution < 1.29 is 14.7 Å². The molecular weight excluding hydrogens is 218 g/mol. The number of carbonyl (C=O) groups is 2. The summed E-state index contributed by atoms with van der Waals surface area (Å²) in [7, 11) is 0. The van der Waals surface area contributed by atoms with E-state index < -0.39 is 11.4 Å². The second-order valence-electron chi connectivity index (χ2n) is 5.79. The molecule has 0 aromatic heterocycles. The van der Waals surface area contributed by atoms with Crippen LogP contribution < -0.4 is 5.32 Å². The van der Waals surface area contributed by atoms with Gasteiger partial charge in [0.15, 0.2) is 0 Å². The minimum absolute atomic E-state index is 0.00379. The van der Waals surface area contributed by atoms with Crippen LogP contribution in [0, 0.1) is 11.3 Å². The molecule has 1 atom stereocenters. The number of amides is 1. The second-order valence-corrected chi connectivity index (χ2v) is 5.79. The van der Waals surface area contributed by atoms with Crippen molar-refractivity contribution in [3.8, 4) is 0 Å². The number of carbonyl (C=O) groups excluding carboxylic acids is 1. The zero-order valence-electron chi connectivity index (χ0n) is 11.5. The molecular formula is C13H25NO3. The molecule has 0 aliphatic rings. The van der Waals surface area contributed by atoms with E-state index in [4.69, 9.17) is 5.11 Å². The van der Waals surface area contributed by atoms with E-state index in [0.717, 1.165) is 6.42 Å². The van der Waals surface area contributed by atoms with Gasteiger partial charge in [-0.3, -0.25) is 9.59 Å². The van der Waals surface area contributed by atoms with Crippen LogP contribution in [0.1, 0.15) is 53.9 Å². The van der Waals surface area contributed by atoms with Crippen LogP contribution in [-0.2, 0) is 9.59 Å². The van der Waals surface area contributed by atoms with E-state index in [1.54, 1.807) is 0 Å². The fourth-order valence-electron chi connectivity index (χ4n) is 1.94. The van der Waals surface area contributed by atoms with Gasteiger partial charge < -0.3 is 10.4 Å². The van der Waals surface area contributed by atoms with Crippen molar-refractivity contribution >= 4 is 11.9 Å². The molecule has 0 saturated heterocycles. The highest BCUT2D eigenvalue weighted by atomic mass is 16.4. The summed E-state index contributed by atoms with van der Waals surface area (Å²) < 4.78 is 0. The number of nitrogens with one attached hydrogen (secondary N) is 1. The molecule has 0 spiro atoms. The summed E-state index contributed by atoms with van der Waals surface area (Å²) in [6.45, 7) is 9.86.